The van der Waals surface area contributed by atoms with Crippen LogP contribution in [0.15, 0.2) is 30.3 Å². The fourth-order valence-corrected chi connectivity index (χ4v) is 2.66. The molecule has 1 saturated heterocycles. The second-order valence-electron chi connectivity index (χ2n) is 5.06. The Labute approximate surface area is 114 Å². The topological polar surface area (TPSA) is 43.8 Å². The molecule has 0 radical (unpaired) electrons. The fraction of sp³-hybridized carbons (Fsp3) is 0.533. The first-order chi connectivity index (χ1) is 9.20. The molecule has 1 fully saturated rings. The van der Waals surface area contributed by atoms with Gasteiger partial charge in [0.15, 0.2) is 0 Å². The summed E-state index contributed by atoms with van der Waals surface area (Å²) >= 11 is 0. The first-order valence-electron chi connectivity index (χ1n) is 6.94. The average molecular weight is 262 g/mol. The van der Waals surface area contributed by atoms with E-state index in [1.165, 1.54) is 5.56 Å². The number of hydrogen-bond acceptors (Lipinski definition) is 3. The molecule has 0 aliphatic carbocycles. The first kappa shape index (κ1) is 14.0. The van der Waals surface area contributed by atoms with Gasteiger partial charge in [0.05, 0.1) is 0 Å². The lowest BCUT2D eigenvalue weighted by Gasteiger charge is -2.37. The molecule has 0 saturated carbocycles. The Hall–Kier alpha value is -1.39. The highest BCUT2D eigenvalue weighted by atomic mass is 16.4. The monoisotopic (exact) mass is 262 g/mol. The molecule has 0 unspecified atom stereocenters. The van der Waals surface area contributed by atoms with Crippen LogP contribution < -0.4 is 0 Å². The molecular weight excluding hydrogens is 240 g/mol. The van der Waals surface area contributed by atoms with Crippen LogP contribution >= 0.6 is 0 Å². The zero-order chi connectivity index (χ0) is 13.7. The lowest BCUT2D eigenvalue weighted by atomic mass is 10.1. The van der Waals surface area contributed by atoms with Crippen LogP contribution in [0.2, 0.25) is 0 Å². The van der Waals surface area contributed by atoms with E-state index in [9.17, 15) is 9.90 Å². The molecule has 0 spiro atoms. The van der Waals surface area contributed by atoms with Gasteiger partial charge < -0.3 is 5.11 Å². The number of nitrogens with zero attached hydrogens (tertiary/aromatic N) is 2. The van der Waals surface area contributed by atoms with Gasteiger partial charge in [0.25, 0.3) is 0 Å². The van der Waals surface area contributed by atoms with Crippen molar-refractivity contribution < 1.29 is 9.90 Å². The zero-order valence-electron chi connectivity index (χ0n) is 11.5. The van der Waals surface area contributed by atoms with Gasteiger partial charge in [0.1, 0.15) is 6.04 Å². The summed E-state index contributed by atoms with van der Waals surface area (Å²) in [7, 11) is 0. The largest absolute Gasteiger partial charge is 0.480 e. The third-order valence-corrected chi connectivity index (χ3v) is 3.77. The van der Waals surface area contributed by atoms with E-state index in [1.54, 1.807) is 0 Å². The molecule has 1 aromatic rings. The lowest BCUT2D eigenvalue weighted by Crippen LogP contribution is -2.52. The Kier molecular flexibility index (Phi) is 4.93. The van der Waals surface area contributed by atoms with Crippen LogP contribution in [0.25, 0.3) is 0 Å². The maximum absolute atomic E-state index is 11.1. The van der Waals surface area contributed by atoms with E-state index < -0.39 is 5.97 Å². The molecule has 2 rings (SSSR count). The van der Waals surface area contributed by atoms with Crippen molar-refractivity contribution in [3.8, 4) is 0 Å². The minimum atomic E-state index is -0.695. The SMILES string of the molecule is CC[C@@H](C(=O)O)N1CCN(Cc2ccccc2)CC1. The van der Waals surface area contributed by atoms with Crippen LogP contribution in [0.5, 0.6) is 0 Å². The van der Waals surface area contributed by atoms with E-state index in [4.69, 9.17) is 0 Å². The highest BCUT2D eigenvalue weighted by Crippen LogP contribution is 2.12. The van der Waals surface area contributed by atoms with E-state index >= 15 is 0 Å². The van der Waals surface area contributed by atoms with Crippen LogP contribution in [0.3, 0.4) is 0 Å². The Balaban J connectivity index is 1.84. The van der Waals surface area contributed by atoms with Crippen molar-refractivity contribution in [1.82, 2.24) is 9.80 Å². The Morgan fingerprint density at radius 1 is 1.21 bits per heavy atom. The molecule has 4 heteroatoms. The van der Waals surface area contributed by atoms with Crippen LogP contribution in [0, 0.1) is 0 Å². The standard InChI is InChI=1S/C15H22N2O2/c1-2-14(15(18)19)17-10-8-16(9-11-17)12-13-6-4-3-5-7-13/h3-7,14H,2,8-12H2,1H3,(H,18,19)/t14-/m0/s1. The second kappa shape index (κ2) is 6.68. The van der Waals surface area contributed by atoms with E-state index in [1.807, 2.05) is 13.0 Å². The van der Waals surface area contributed by atoms with Gasteiger partial charge in [-0.15, -0.1) is 0 Å². The number of piperazine rings is 1. The lowest BCUT2D eigenvalue weighted by molar-refractivity contribution is -0.144. The predicted octanol–water partition coefficient (Wildman–Crippen LogP) is 1.67. The molecule has 1 aliphatic heterocycles. The fourth-order valence-electron chi connectivity index (χ4n) is 2.66. The summed E-state index contributed by atoms with van der Waals surface area (Å²) in [6.07, 6.45) is 0.675. The van der Waals surface area contributed by atoms with Crippen molar-refractivity contribution in [3.05, 3.63) is 35.9 Å². The third-order valence-electron chi connectivity index (χ3n) is 3.77. The minimum absolute atomic E-state index is 0.320. The van der Waals surface area contributed by atoms with Crippen LogP contribution in [-0.2, 0) is 11.3 Å². The van der Waals surface area contributed by atoms with Gasteiger partial charge in [-0.25, -0.2) is 0 Å². The molecule has 1 aliphatic rings. The van der Waals surface area contributed by atoms with E-state index in [0.717, 1.165) is 32.7 Å². The third kappa shape index (κ3) is 3.78. The molecule has 19 heavy (non-hydrogen) atoms. The summed E-state index contributed by atoms with van der Waals surface area (Å²) in [4.78, 5) is 15.6. The summed E-state index contributed by atoms with van der Waals surface area (Å²) in [5.41, 5.74) is 1.32. The van der Waals surface area contributed by atoms with E-state index in [-0.39, 0.29) is 6.04 Å². The number of carboxylic acid groups (broad SMARTS) is 1. The number of rotatable bonds is 5. The van der Waals surface area contributed by atoms with Gasteiger partial charge in [0, 0.05) is 32.7 Å². The summed E-state index contributed by atoms with van der Waals surface area (Å²) in [5.74, 6) is -0.695. The summed E-state index contributed by atoms with van der Waals surface area (Å²) < 4.78 is 0. The second-order valence-corrected chi connectivity index (χ2v) is 5.06. The summed E-state index contributed by atoms with van der Waals surface area (Å²) in [6.45, 7) is 6.47. The van der Waals surface area contributed by atoms with Gasteiger partial charge in [-0.05, 0) is 12.0 Å². The molecule has 1 N–H and O–H groups in total. The molecule has 1 heterocycles. The quantitative estimate of drug-likeness (QED) is 0.876. The highest BCUT2D eigenvalue weighted by molar-refractivity contribution is 5.73. The van der Waals surface area contributed by atoms with Gasteiger partial charge in [-0.2, -0.15) is 0 Å². The van der Waals surface area contributed by atoms with Crippen molar-refractivity contribution in [3.63, 3.8) is 0 Å². The molecule has 1 aromatic carbocycles. The average Bonchev–Trinajstić information content (AvgIpc) is 2.42. The van der Waals surface area contributed by atoms with Crippen molar-refractivity contribution in [2.45, 2.75) is 25.9 Å². The minimum Gasteiger partial charge on any atom is -0.480 e. The van der Waals surface area contributed by atoms with E-state index in [0.29, 0.717) is 6.42 Å². The summed E-state index contributed by atoms with van der Waals surface area (Å²) in [5, 5.41) is 9.17. The first-order valence-corrected chi connectivity index (χ1v) is 6.94. The Morgan fingerprint density at radius 2 is 1.84 bits per heavy atom. The number of hydrogen-bond donors (Lipinski definition) is 1. The maximum Gasteiger partial charge on any atom is 0.320 e. The Bertz CT molecular complexity index is 400. The van der Waals surface area contributed by atoms with Crippen LogP contribution in [-0.4, -0.2) is 53.1 Å². The van der Waals surface area contributed by atoms with Gasteiger partial charge in [0.2, 0.25) is 0 Å². The van der Waals surface area contributed by atoms with Crippen molar-refractivity contribution in [2.24, 2.45) is 0 Å². The van der Waals surface area contributed by atoms with Crippen molar-refractivity contribution in [1.29, 1.82) is 0 Å². The molecule has 4 nitrogen and oxygen atoms in total. The molecule has 0 amide bonds. The molecule has 1 atom stereocenters. The smallest absolute Gasteiger partial charge is 0.320 e. The van der Waals surface area contributed by atoms with Crippen molar-refractivity contribution in [2.75, 3.05) is 26.2 Å². The van der Waals surface area contributed by atoms with Gasteiger partial charge >= 0.3 is 5.97 Å². The van der Waals surface area contributed by atoms with Crippen LogP contribution in [0.4, 0.5) is 0 Å². The number of carbonyl (C=O) groups is 1. The van der Waals surface area contributed by atoms with Gasteiger partial charge in [-0.3, -0.25) is 14.6 Å². The predicted molar refractivity (Wildman–Crippen MR) is 75.0 cm³/mol. The van der Waals surface area contributed by atoms with E-state index in [2.05, 4.69) is 34.1 Å². The molecule has 0 aromatic heterocycles. The molecule has 104 valence electrons. The number of benzene rings is 1. The number of aliphatic carboxylic acids is 1. The maximum atomic E-state index is 11.1. The highest BCUT2D eigenvalue weighted by Gasteiger charge is 2.27. The number of carboxylic acids is 1. The molecule has 0 bridgehead atoms. The zero-order valence-corrected chi connectivity index (χ0v) is 11.5. The van der Waals surface area contributed by atoms with Gasteiger partial charge in [-0.1, -0.05) is 37.3 Å². The summed E-state index contributed by atoms with van der Waals surface area (Å²) in [6, 6.07) is 10.1. The van der Waals surface area contributed by atoms with Crippen molar-refractivity contribution >= 4 is 5.97 Å². The molecular formula is C15H22N2O2. The van der Waals surface area contributed by atoms with Crippen LogP contribution in [0.1, 0.15) is 18.9 Å². The normalized spacial score (nSPS) is 19.2. The Morgan fingerprint density at radius 3 is 2.37 bits per heavy atom.